The molecule has 4 heteroatoms. The van der Waals surface area contributed by atoms with Crippen molar-refractivity contribution in [3.05, 3.63) is 200 Å². The van der Waals surface area contributed by atoms with Gasteiger partial charge in [-0.2, -0.15) is 0 Å². The number of rotatable bonds is 6. The molecule has 0 amide bonds. The van der Waals surface area contributed by atoms with Crippen LogP contribution in [0.15, 0.2) is 220 Å². The van der Waals surface area contributed by atoms with Crippen LogP contribution in [0, 0.1) is 0 Å². The van der Waals surface area contributed by atoms with Gasteiger partial charge in [0.25, 0.3) is 0 Å². The Labute approximate surface area is 298 Å². The first-order valence-electron chi connectivity index (χ1n) is 17.3. The summed E-state index contributed by atoms with van der Waals surface area (Å²) in [5, 5.41) is 4.91. The molecule has 0 saturated heterocycles. The summed E-state index contributed by atoms with van der Waals surface area (Å²) in [5.41, 5.74) is 6.80. The summed E-state index contributed by atoms with van der Waals surface area (Å²) in [6.45, 7) is 0. The molecule has 0 unspecified atom stereocenters. The molecule has 0 saturated carbocycles. The van der Waals surface area contributed by atoms with Crippen LogP contribution in [-0.4, -0.2) is 14.1 Å². The van der Waals surface area contributed by atoms with E-state index in [0.717, 1.165) is 27.9 Å². The standard InChI is InChI=1S/C47H33N3S/c1-3-14-36(15-4-1)51(37-16-5-2-6-17-37,38-29-25-34(26-30-38)49-44-22-10-7-18-40(44)41-19-8-11-23-45(41)49)39-31-27-35(28-32-39)50-46-24-12-9-20-42(46)43-21-13-33-48-47(43)50/h1-33H. The molecule has 242 valence electrons. The van der Waals surface area contributed by atoms with Gasteiger partial charge in [0.05, 0.1) is 16.6 Å². The average Bonchev–Trinajstić information content (AvgIpc) is 3.73. The second kappa shape index (κ2) is 11.9. The van der Waals surface area contributed by atoms with E-state index in [9.17, 15) is 0 Å². The second-order valence-electron chi connectivity index (χ2n) is 12.8. The van der Waals surface area contributed by atoms with Gasteiger partial charge in [-0.05, 0) is 103 Å². The second-order valence-corrected chi connectivity index (χ2v) is 15.9. The first-order valence-corrected chi connectivity index (χ1v) is 18.9. The molecule has 0 aliphatic rings. The van der Waals surface area contributed by atoms with E-state index in [1.165, 1.54) is 46.8 Å². The molecular formula is C47H33N3S. The lowest BCUT2D eigenvalue weighted by Crippen LogP contribution is -2.06. The molecule has 0 aliphatic heterocycles. The first kappa shape index (κ1) is 29.5. The summed E-state index contributed by atoms with van der Waals surface area (Å²) in [6, 6.07) is 70.9. The van der Waals surface area contributed by atoms with Crippen LogP contribution in [0.2, 0.25) is 0 Å². The predicted octanol–water partition coefficient (Wildman–Crippen LogP) is 12.6. The van der Waals surface area contributed by atoms with E-state index < -0.39 is 10.0 Å². The van der Waals surface area contributed by atoms with Crippen LogP contribution in [0.3, 0.4) is 0 Å². The number of pyridine rings is 1. The molecule has 0 atom stereocenters. The van der Waals surface area contributed by atoms with Gasteiger partial charge < -0.3 is 4.57 Å². The van der Waals surface area contributed by atoms with Crippen molar-refractivity contribution in [1.29, 1.82) is 0 Å². The minimum atomic E-state index is -1.89. The van der Waals surface area contributed by atoms with Crippen molar-refractivity contribution in [1.82, 2.24) is 14.1 Å². The van der Waals surface area contributed by atoms with E-state index in [4.69, 9.17) is 4.98 Å². The molecular weight excluding hydrogens is 639 g/mol. The Morgan fingerprint density at radius 2 is 0.686 bits per heavy atom. The van der Waals surface area contributed by atoms with E-state index in [-0.39, 0.29) is 0 Å². The van der Waals surface area contributed by atoms with E-state index in [1.807, 2.05) is 12.3 Å². The molecule has 0 spiro atoms. The van der Waals surface area contributed by atoms with E-state index in [2.05, 4.69) is 197 Å². The van der Waals surface area contributed by atoms with E-state index >= 15 is 0 Å². The molecule has 0 N–H and O–H groups in total. The van der Waals surface area contributed by atoms with Gasteiger partial charge in [-0.25, -0.2) is 4.98 Å². The SMILES string of the molecule is c1ccc(S(c2ccccc2)(c2ccc(-n3c4ccccc4c4ccccc43)cc2)c2ccc(-n3c4ccccc4c4cccnc43)cc2)cc1. The average molecular weight is 672 g/mol. The zero-order chi connectivity index (χ0) is 33.8. The van der Waals surface area contributed by atoms with Crippen molar-refractivity contribution in [3.63, 3.8) is 0 Å². The smallest absolute Gasteiger partial charge is 0.145 e. The highest BCUT2D eigenvalue weighted by Crippen LogP contribution is 2.73. The minimum absolute atomic E-state index is 0.969. The maximum atomic E-state index is 4.84. The van der Waals surface area contributed by atoms with Crippen LogP contribution in [-0.2, 0) is 0 Å². The third kappa shape index (κ3) is 4.50. The zero-order valence-corrected chi connectivity index (χ0v) is 28.6. The summed E-state index contributed by atoms with van der Waals surface area (Å²) in [5.74, 6) is 0. The third-order valence-corrected chi connectivity index (χ3v) is 14.0. The first-order chi connectivity index (χ1) is 25.3. The lowest BCUT2D eigenvalue weighted by atomic mass is 10.2. The van der Waals surface area contributed by atoms with Crippen molar-refractivity contribution in [2.24, 2.45) is 0 Å². The molecule has 51 heavy (non-hydrogen) atoms. The summed E-state index contributed by atoms with van der Waals surface area (Å²) in [6.07, 6.45) is 1.88. The molecule has 0 bridgehead atoms. The molecule has 3 aromatic heterocycles. The van der Waals surface area contributed by atoms with Crippen molar-refractivity contribution in [2.45, 2.75) is 19.6 Å². The van der Waals surface area contributed by atoms with Crippen LogP contribution < -0.4 is 0 Å². The highest BCUT2D eigenvalue weighted by atomic mass is 32.3. The van der Waals surface area contributed by atoms with Crippen LogP contribution in [0.5, 0.6) is 0 Å². The molecule has 0 fully saturated rings. The minimum Gasteiger partial charge on any atom is -0.309 e. The Bertz CT molecular complexity index is 2530. The van der Waals surface area contributed by atoms with Crippen LogP contribution in [0.25, 0.3) is 55.1 Å². The van der Waals surface area contributed by atoms with Crippen LogP contribution in [0.1, 0.15) is 0 Å². The van der Waals surface area contributed by atoms with Crippen molar-refractivity contribution in [2.75, 3.05) is 0 Å². The van der Waals surface area contributed by atoms with Gasteiger partial charge in [-0.1, -0.05) is 91.0 Å². The number of benzene rings is 7. The highest BCUT2D eigenvalue weighted by Gasteiger charge is 2.33. The fraction of sp³-hybridized carbons (Fsp3) is 0. The molecule has 3 nitrogen and oxygen atoms in total. The fourth-order valence-corrected chi connectivity index (χ4v) is 11.8. The monoisotopic (exact) mass is 671 g/mol. The quantitative estimate of drug-likeness (QED) is 0.172. The number of para-hydroxylation sites is 3. The topological polar surface area (TPSA) is 22.8 Å². The molecule has 0 aliphatic carbocycles. The number of hydrogen-bond acceptors (Lipinski definition) is 1. The molecule has 0 radical (unpaired) electrons. The van der Waals surface area contributed by atoms with Crippen molar-refractivity contribution >= 4 is 53.8 Å². The van der Waals surface area contributed by atoms with Gasteiger partial charge in [0.1, 0.15) is 5.65 Å². The normalized spacial score (nSPS) is 12.2. The summed E-state index contributed by atoms with van der Waals surface area (Å²) in [4.78, 5) is 10.0. The Morgan fingerprint density at radius 3 is 1.20 bits per heavy atom. The third-order valence-electron chi connectivity index (χ3n) is 10.1. The summed E-state index contributed by atoms with van der Waals surface area (Å²) in [7, 11) is -1.89. The molecule has 3 heterocycles. The Morgan fingerprint density at radius 1 is 0.314 bits per heavy atom. The molecule has 10 rings (SSSR count). The Kier molecular flexibility index (Phi) is 6.90. The summed E-state index contributed by atoms with van der Waals surface area (Å²) >= 11 is 0. The van der Waals surface area contributed by atoms with Gasteiger partial charge >= 0.3 is 0 Å². The van der Waals surface area contributed by atoms with Gasteiger partial charge in [0, 0.05) is 58.7 Å². The van der Waals surface area contributed by atoms with Crippen molar-refractivity contribution < 1.29 is 0 Å². The van der Waals surface area contributed by atoms with Crippen LogP contribution in [0.4, 0.5) is 0 Å². The summed E-state index contributed by atoms with van der Waals surface area (Å²) < 4.78 is 4.68. The Balaban J connectivity index is 1.19. The predicted molar refractivity (Wildman–Crippen MR) is 213 cm³/mol. The lowest BCUT2D eigenvalue weighted by Gasteiger charge is -2.42. The maximum Gasteiger partial charge on any atom is 0.145 e. The lowest BCUT2D eigenvalue weighted by molar-refractivity contribution is 1.12. The molecule has 10 aromatic rings. The Hall–Kier alpha value is -6.36. The zero-order valence-electron chi connectivity index (χ0n) is 27.8. The highest BCUT2D eigenvalue weighted by molar-refractivity contribution is 8.34. The molecule has 7 aromatic carbocycles. The number of fused-ring (bicyclic) bond motifs is 6. The fourth-order valence-electron chi connectivity index (χ4n) is 7.92. The van der Waals surface area contributed by atoms with E-state index in [0.29, 0.717) is 0 Å². The van der Waals surface area contributed by atoms with Gasteiger partial charge in [0.15, 0.2) is 0 Å². The number of hydrogen-bond donors (Lipinski definition) is 0. The van der Waals surface area contributed by atoms with Crippen LogP contribution >= 0.6 is 10.0 Å². The maximum absolute atomic E-state index is 4.84. The van der Waals surface area contributed by atoms with Gasteiger partial charge in [-0.3, -0.25) is 4.57 Å². The number of aromatic nitrogens is 3. The van der Waals surface area contributed by atoms with Crippen molar-refractivity contribution in [3.8, 4) is 11.4 Å². The van der Waals surface area contributed by atoms with E-state index in [1.54, 1.807) is 0 Å². The van der Waals surface area contributed by atoms with Gasteiger partial charge in [-0.15, -0.1) is 10.0 Å². The largest absolute Gasteiger partial charge is 0.309 e. The number of nitrogens with zero attached hydrogens (tertiary/aromatic N) is 3. The van der Waals surface area contributed by atoms with Gasteiger partial charge in [0.2, 0.25) is 0 Å².